The summed E-state index contributed by atoms with van der Waals surface area (Å²) in [7, 11) is 0. The van der Waals surface area contributed by atoms with E-state index >= 15 is 0 Å². The van der Waals surface area contributed by atoms with E-state index in [0.717, 1.165) is 12.8 Å². The van der Waals surface area contributed by atoms with Crippen LogP contribution in [0, 0.1) is 12.2 Å². The Labute approximate surface area is 184 Å². The first-order valence-corrected chi connectivity index (χ1v) is 9.23. The van der Waals surface area contributed by atoms with E-state index in [1.165, 1.54) is 38.6 Å². The summed E-state index contributed by atoms with van der Waals surface area (Å²) in [6, 6.07) is 21.1. The van der Waals surface area contributed by atoms with Crippen molar-refractivity contribution in [2.45, 2.75) is 12.8 Å². The Bertz CT molecular complexity index is 646. The number of hydrogen-bond acceptors (Lipinski definition) is 0. The van der Waals surface area contributed by atoms with Gasteiger partial charge in [-0.15, -0.1) is 12.8 Å². The van der Waals surface area contributed by atoms with Crippen LogP contribution in [0.3, 0.4) is 0 Å². The molecular formula is C23H20Cl2Zr-2. The van der Waals surface area contributed by atoms with Gasteiger partial charge in [-0.3, -0.25) is 12.2 Å². The second kappa shape index (κ2) is 15.9. The van der Waals surface area contributed by atoms with Crippen molar-refractivity contribution in [1.29, 1.82) is 0 Å². The van der Waals surface area contributed by atoms with Gasteiger partial charge in [0.15, 0.2) is 0 Å². The minimum absolute atomic E-state index is 0. The molecule has 2 aliphatic rings. The van der Waals surface area contributed by atoms with Crippen LogP contribution in [0.2, 0.25) is 0 Å². The van der Waals surface area contributed by atoms with Crippen molar-refractivity contribution in [2.24, 2.45) is 0 Å². The average molecular weight is 459 g/mol. The standard InChI is InChI=1S/C13H10.2C5H5.2ClH.Zr/c1-3-7-12(8-4-1)11-13-9-5-2-6-10-13;2*1-2-4-5-3-1;;;/h1-10H;2*1-3H,4H2;2*1H;/q;2*-1;;;+2/p-2. The summed E-state index contributed by atoms with van der Waals surface area (Å²) in [5.41, 5.74) is 2.66. The fraction of sp³-hybridized carbons (Fsp3) is 0.0870. The van der Waals surface area contributed by atoms with Gasteiger partial charge < -0.3 is 24.8 Å². The third kappa shape index (κ3) is 10.0. The first kappa shape index (κ1) is 24.7. The van der Waals surface area contributed by atoms with Crippen molar-refractivity contribution in [2.75, 3.05) is 0 Å². The molecule has 0 bridgehead atoms. The Morgan fingerprint density at radius 3 is 1.27 bits per heavy atom. The molecule has 2 aliphatic carbocycles. The summed E-state index contributed by atoms with van der Waals surface area (Å²) < 4.78 is 1.42. The number of rotatable bonds is 2. The van der Waals surface area contributed by atoms with Crippen LogP contribution < -0.4 is 24.8 Å². The number of benzene rings is 2. The van der Waals surface area contributed by atoms with Gasteiger partial charge >= 0.3 is 99.2 Å². The molecule has 0 fully saturated rings. The molecular weight excluding hydrogens is 438 g/mol. The molecule has 4 rings (SSSR count). The topological polar surface area (TPSA) is 0 Å². The van der Waals surface area contributed by atoms with Crippen molar-refractivity contribution in [3.05, 3.63) is 120 Å². The van der Waals surface area contributed by atoms with E-state index in [9.17, 15) is 0 Å². The second-order valence-corrected chi connectivity index (χ2v) is 6.34. The fourth-order valence-corrected chi connectivity index (χ4v) is 2.88. The molecule has 0 saturated carbocycles. The molecule has 0 amide bonds. The Morgan fingerprint density at radius 1 is 0.654 bits per heavy atom. The normalized spacial score (nSPS) is 12.1. The predicted molar refractivity (Wildman–Crippen MR) is 99.2 cm³/mol. The molecule has 132 valence electrons. The molecule has 0 nitrogen and oxygen atoms in total. The van der Waals surface area contributed by atoms with Gasteiger partial charge in [0.05, 0.1) is 0 Å². The van der Waals surface area contributed by atoms with Crippen LogP contribution in [0.1, 0.15) is 24.0 Å². The third-order valence-electron chi connectivity index (χ3n) is 3.30. The molecule has 3 heteroatoms. The molecule has 0 radical (unpaired) electrons. The molecule has 0 N–H and O–H groups in total. The third-order valence-corrected chi connectivity index (χ3v) is 4.72. The SMILES string of the molecule is [C-]1=CC=CC1.[C-]1=CC=CC1.[Cl-].[Cl-].[Zr+2]=[C](c1ccccc1)c1ccccc1. The van der Waals surface area contributed by atoms with E-state index in [0.29, 0.717) is 0 Å². The minimum atomic E-state index is 0. The van der Waals surface area contributed by atoms with Gasteiger partial charge in [0.2, 0.25) is 0 Å². The molecule has 0 saturated heterocycles. The van der Waals surface area contributed by atoms with E-state index < -0.39 is 0 Å². The molecule has 0 spiro atoms. The molecule has 0 unspecified atom stereocenters. The van der Waals surface area contributed by atoms with Crippen molar-refractivity contribution >= 4 is 3.21 Å². The van der Waals surface area contributed by atoms with Crippen LogP contribution in [0.5, 0.6) is 0 Å². The van der Waals surface area contributed by atoms with Crippen LogP contribution >= 0.6 is 0 Å². The molecule has 26 heavy (non-hydrogen) atoms. The second-order valence-electron chi connectivity index (χ2n) is 5.11. The van der Waals surface area contributed by atoms with Crippen LogP contribution in [-0.4, -0.2) is 3.21 Å². The van der Waals surface area contributed by atoms with Crippen LogP contribution in [-0.2, 0) is 24.2 Å². The van der Waals surface area contributed by atoms with Gasteiger partial charge in [-0.2, -0.15) is 12.2 Å². The number of allylic oxidation sites excluding steroid dienone is 8. The van der Waals surface area contributed by atoms with Crippen molar-refractivity contribution < 1.29 is 49.0 Å². The predicted octanol–water partition coefficient (Wildman–Crippen LogP) is -0.578. The number of halogens is 2. The molecule has 2 aromatic carbocycles. The maximum atomic E-state index is 2.99. The average Bonchev–Trinajstić information content (AvgIpc) is 3.41. The summed E-state index contributed by atoms with van der Waals surface area (Å²) in [5, 5.41) is 0. The van der Waals surface area contributed by atoms with Gasteiger partial charge in [0.1, 0.15) is 0 Å². The quantitative estimate of drug-likeness (QED) is 0.529. The van der Waals surface area contributed by atoms with Crippen molar-refractivity contribution in [3.63, 3.8) is 0 Å². The molecule has 2 aromatic rings. The Kier molecular flexibility index (Phi) is 15.2. The van der Waals surface area contributed by atoms with Gasteiger partial charge in [0, 0.05) is 0 Å². The summed E-state index contributed by atoms with van der Waals surface area (Å²) in [4.78, 5) is 0. The fourth-order valence-electron chi connectivity index (χ4n) is 2.06. The molecule has 0 aromatic heterocycles. The zero-order valence-electron chi connectivity index (χ0n) is 14.4. The molecule has 0 atom stereocenters. The first-order chi connectivity index (χ1) is 11.9. The Morgan fingerprint density at radius 2 is 1.04 bits per heavy atom. The maximum absolute atomic E-state index is 2.99. The van der Waals surface area contributed by atoms with E-state index in [4.69, 9.17) is 0 Å². The van der Waals surface area contributed by atoms with Gasteiger partial charge in [0.25, 0.3) is 0 Å². The summed E-state index contributed by atoms with van der Waals surface area (Å²) in [6.45, 7) is 0. The van der Waals surface area contributed by atoms with Crippen molar-refractivity contribution in [1.82, 2.24) is 0 Å². The van der Waals surface area contributed by atoms with Crippen LogP contribution in [0.15, 0.2) is 97.1 Å². The van der Waals surface area contributed by atoms with Gasteiger partial charge in [-0.25, -0.2) is 24.3 Å². The molecule has 0 aliphatic heterocycles. The summed E-state index contributed by atoms with van der Waals surface area (Å²) in [6.07, 6.45) is 20.0. The molecule has 0 heterocycles. The van der Waals surface area contributed by atoms with Gasteiger partial charge in [-0.05, 0) is 0 Å². The van der Waals surface area contributed by atoms with Crippen LogP contribution in [0.25, 0.3) is 0 Å². The zero-order chi connectivity index (χ0) is 16.9. The summed E-state index contributed by atoms with van der Waals surface area (Å²) >= 11 is 1.46. The number of hydrogen-bond donors (Lipinski definition) is 0. The monoisotopic (exact) mass is 456 g/mol. The van der Waals surface area contributed by atoms with E-state index in [-0.39, 0.29) is 24.8 Å². The van der Waals surface area contributed by atoms with Gasteiger partial charge in [-0.1, -0.05) is 0 Å². The van der Waals surface area contributed by atoms with E-state index in [1.807, 2.05) is 24.3 Å². The van der Waals surface area contributed by atoms with Crippen molar-refractivity contribution in [3.8, 4) is 0 Å². The Hall–Kier alpha value is -1.27. The zero-order valence-corrected chi connectivity index (χ0v) is 18.4. The Balaban J connectivity index is 0.000000432. The van der Waals surface area contributed by atoms with E-state index in [2.05, 4.69) is 85.0 Å². The van der Waals surface area contributed by atoms with E-state index in [1.54, 1.807) is 0 Å². The van der Waals surface area contributed by atoms with Crippen LogP contribution in [0.4, 0.5) is 0 Å². The summed E-state index contributed by atoms with van der Waals surface area (Å²) in [5.74, 6) is 0. The first-order valence-electron chi connectivity index (χ1n) is 8.01.